The van der Waals surface area contributed by atoms with E-state index in [1.165, 1.54) is 28.4 Å². The van der Waals surface area contributed by atoms with Gasteiger partial charge in [0.2, 0.25) is 5.91 Å². The summed E-state index contributed by atoms with van der Waals surface area (Å²) < 4.78 is 20.8. The van der Waals surface area contributed by atoms with Crippen LogP contribution >= 0.6 is 11.3 Å². The minimum absolute atomic E-state index is 0.0740. The number of Topliss-reactive ketones (excluding diaryl/α,β-unsaturated/α-hetero) is 1. The number of rotatable bonds is 7. The molecule has 1 aromatic heterocycles. The zero-order valence-corrected chi connectivity index (χ0v) is 23.7. The van der Waals surface area contributed by atoms with Crippen LogP contribution in [0.3, 0.4) is 0 Å². The molecular formula is C29H34FN5O4S. The van der Waals surface area contributed by atoms with Gasteiger partial charge in [0.15, 0.2) is 10.9 Å². The monoisotopic (exact) mass is 567 g/mol. The van der Waals surface area contributed by atoms with E-state index < -0.39 is 29.9 Å². The second kappa shape index (κ2) is 11.6. The Balaban J connectivity index is 1.30. The Bertz CT molecular complexity index is 1330. The van der Waals surface area contributed by atoms with Gasteiger partial charge < -0.3 is 24.8 Å². The average molecular weight is 568 g/mol. The van der Waals surface area contributed by atoms with Gasteiger partial charge in [-0.15, -0.1) is 17.8 Å². The first kappa shape index (κ1) is 28.2. The van der Waals surface area contributed by atoms with E-state index in [-0.39, 0.29) is 42.2 Å². The Labute approximate surface area is 237 Å². The van der Waals surface area contributed by atoms with Crippen LogP contribution < -0.4 is 10.2 Å². The third kappa shape index (κ3) is 5.61. The lowest BCUT2D eigenvalue weighted by Crippen LogP contribution is -2.52. The molecule has 0 bridgehead atoms. The number of amides is 2. The van der Waals surface area contributed by atoms with Crippen LogP contribution in [0.5, 0.6) is 0 Å². The molecule has 212 valence electrons. The number of hydrogen-bond donors (Lipinski definition) is 1. The quantitative estimate of drug-likeness (QED) is 0.513. The van der Waals surface area contributed by atoms with Crippen LogP contribution in [-0.2, 0) is 14.3 Å². The first-order valence-corrected chi connectivity index (χ1v) is 14.4. The van der Waals surface area contributed by atoms with Crippen LogP contribution in [0.4, 0.5) is 9.52 Å². The van der Waals surface area contributed by atoms with E-state index in [4.69, 9.17) is 11.2 Å². The summed E-state index contributed by atoms with van der Waals surface area (Å²) in [6.45, 7) is 7.60. The highest BCUT2D eigenvalue weighted by atomic mass is 32.1. The molecule has 0 saturated carbocycles. The summed E-state index contributed by atoms with van der Waals surface area (Å²) in [7, 11) is 2.08. The fourth-order valence-electron chi connectivity index (χ4n) is 5.56. The molecule has 3 aliphatic heterocycles. The van der Waals surface area contributed by atoms with Gasteiger partial charge in [-0.3, -0.25) is 14.4 Å². The summed E-state index contributed by atoms with van der Waals surface area (Å²) >= 11 is 1.47. The number of carbonyl (C=O) groups excluding carboxylic acids is 3. The maximum absolute atomic E-state index is 15.2. The zero-order valence-electron chi connectivity index (χ0n) is 22.9. The third-order valence-corrected chi connectivity index (χ3v) is 8.67. The van der Waals surface area contributed by atoms with Crippen LogP contribution in [0.25, 0.3) is 11.3 Å². The first-order valence-electron chi connectivity index (χ1n) is 13.6. The van der Waals surface area contributed by atoms with E-state index in [1.807, 2.05) is 19.2 Å². The number of piperazine rings is 1. The number of nitrogens with zero attached hydrogens (tertiary/aromatic N) is 4. The Morgan fingerprint density at radius 1 is 1.27 bits per heavy atom. The van der Waals surface area contributed by atoms with Crippen molar-refractivity contribution >= 4 is 34.1 Å². The van der Waals surface area contributed by atoms with E-state index in [9.17, 15) is 14.4 Å². The van der Waals surface area contributed by atoms with Crippen molar-refractivity contribution in [2.75, 3.05) is 51.3 Å². The summed E-state index contributed by atoms with van der Waals surface area (Å²) in [5.41, 5.74) is 0.927. The number of anilines is 1. The molecule has 3 saturated heterocycles. The van der Waals surface area contributed by atoms with Crippen molar-refractivity contribution in [2.45, 2.75) is 38.5 Å². The largest absolute Gasteiger partial charge is 0.366 e. The number of likely N-dealkylation sites (N-methyl/N-ethyl adjacent to an activating group) is 1. The zero-order chi connectivity index (χ0) is 28.6. The van der Waals surface area contributed by atoms with Gasteiger partial charge in [-0.1, -0.05) is 19.8 Å². The topological polar surface area (TPSA) is 95.1 Å². The molecule has 1 unspecified atom stereocenters. The predicted octanol–water partition coefficient (Wildman–Crippen LogP) is 2.27. The van der Waals surface area contributed by atoms with E-state index in [0.29, 0.717) is 17.7 Å². The van der Waals surface area contributed by atoms with E-state index in [0.717, 1.165) is 31.3 Å². The molecule has 3 fully saturated rings. The van der Waals surface area contributed by atoms with E-state index in [1.54, 1.807) is 6.07 Å². The lowest BCUT2D eigenvalue weighted by atomic mass is 10.0. The third-order valence-electron chi connectivity index (χ3n) is 7.77. The highest BCUT2D eigenvalue weighted by molar-refractivity contribution is 7.14. The molecule has 1 aromatic carbocycles. The van der Waals surface area contributed by atoms with E-state index >= 15 is 4.39 Å². The minimum Gasteiger partial charge on any atom is -0.366 e. The molecule has 9 nitrogen and oxygen atoms in total. The number of terminal acetylenes is 1. The highest BCUT2D eigenvalue weighted by Gasteiger charge is 2.52. The SMILES string of the molecule is C#C[C@@H]1CN(C(=O)[C@H](CC(C)C)NC(=O)c2ccc(-c3csc(N4CCN(C)CC4)n3)c(F)c2)C2C(=O)CO[C@@H]21. The lowest BCUT2D eigenvalue weighted by molar-refractivity contribution is -0.138. The van der Waals surface area contributed by atoms with Crippen molar-refractivity contribution in [3.05, 3.63) is 35.0 Å². The molecule has 2 amide bonds. The number of likely N-dealkylation sites (tertiary alicyclic amines) is 1. The fourth-order valence-corrected chi connectivity index (χ4v) is 6.44. The van der Waals surface area contributed by atoms with Gasteiger partial charge in [0.1, 0.15) is 30.6 Å². The number of ether oxygens (including phenoxy) is 1. The molecule has 11 heteroatoms. The number of aromatic nitrogens is 1. The van der Waals surface area contributed by atoms with Crippen molar-refractivity contribution in [3.63, 3.8) is 0 Å². The number of carbonyl (C=O) groups is 3. The van der Waals surface area contributed by atoms with Gasteiger partial charge in [-0.25, -0.2) is 9.37 Å². The number of thiazole rings is 1. The normalized spacial score (nSPS) is 23.8. The van der Waals surface area contributed by atoms with Crippen molar-refractivity contribution in [1.82, 2.24) is 20.1 Å². The molecule has 3 aliphatic rings. The Kier molecular flexibility index (Phi) is 8.21. The molecule has 5 rings (SSSR count). The van der Waals surface area contributed by atoms with Crippen molar-refractivity contribution in [3.8, 4) is 23.6 Å². The number of hydrogen-bond acceptors (Lipinski definition) is 8. The summed E-state index contributed by atoms with van der Waals surface area (Å²) in [6, 6.07) is 2.61. The first-order chi connectivity index (χ1) is 19.2. The summed E-state index contributed by atoms with van der Waals surface area (Å²) in [5.74, 6) is 0.595. The molecule has 4 atom stereocenters. The molecule has 2 aromatic rings. The highest BCUT2D eigenvalue weighted by Crippen LogP contribution is 2.33. The molecule has 0 spiro atoms. The number of halogens is 1. The van der Waals surface area contributed by atoms with E-state index in [2.05, 4.69) is 33.1 Å². The lowest BCUT2D eigenvalue weighted by Gasteiger charge is -2.32. The maximum Gasteiger partial charge on any atom is 0.252 e. The van der Waals surface area contributed by atoms with Gasteiger partial charge in [0.25, 0.3) is 5.91 Å². The van der Waals surface area contributed by atoms with Gasteiger partial charge in [0.05, 0.1) is 11.6 Å². The maximum atomic E-state index is 15.2. The van der Waals surface area contributed by atoms with Crippen LogP contribution in [0.2, 0.25) is 0 Å². The Hall–Kier alpha value is -3.33. The number of fused-ring (bicyclic) bond motifs is 1. The molecule has 1 N–H and O–H groups in total. The number of ketones is 1. The van der Waals surface area contributed by atoms with Crippen LogP contribution in [0.15, 0.2) is 23.6 Å². The predicted molar refractivity (Wildman–Crippen MR) is 150 cm³/mol. The second-order valence-electron chi connectivity index (χ2n) is 11.1. The molecule has 0 aliphatic carbocycles. The summed E-state index contributed by atoms with van der Waals surface area (Å²) in [4.78, 5) is 49.8. The molecular weight excluding hydrogens is 533 g/mol. The Morgan fingerprint density at radius 2 is 2.02 bits per heavy atom. The summed E-state index contributed by atoms with van der Waals surface area (Å²) in [5, 5.41) is 5.45. The van der Waals surface area contributed by atoms with Crippen molar-refractivity contribution in [1.29, 1.82) is 0 Å². The van der Waals surface area contributed by atoms with Gasteiger partial charge in [0, 0.05) is 49.2 Å². The van der Waals surface area contributed by atoms with Crippen LogP contribution in [0, 0.1) is 30.0 Å². The van der Waals surface area contributed by atoms with Gasteiger partial charge >= 0.3 is 0 Å². The smallest absolute Gasteiger partial charge is 0.252 e. The van der Waals surface area contributed by atoms with Crippen molar-refractivity contribution in [2.24, 2.45) is 11.8 Å². The molecule has 4 heterocycles. The number of benzene rings is 1. The molecule has 40 heavy (non-hydrogen) atoms. The minimum atomic E-state index is -0.898. The Morgan fingerprint density at radius 3 is 2.70 bits per heavy atom. The van der Waals surface area contributed by atoms with Gasteiger partial charge in [-0.2, -0.15) is 0 Å². The number of nitrogens with one attached hydrogen (secondary N) is 1. The fraction of sp³-hybridized carbons (Fsp3) is 0.517. The van der Waals surface area contributed by atoms with Crippen molar-refractivity contribution < 1.29 is 23.5 Å². The average Bonchev–Trinajstić information content (AvgIpc) is 3.65. The second-order valence-corrected chi connectivity index (χ2v) is 11.9. The molecule has 0 radical (unpaired) electrons. The van der Waals surface area contributed by atoms with Crippen LogP contribution in [0.1, 0.15) is 30.6 Å². The standard InChI is InChI=1S/C29H34FN5O4S/c1-5-18-14-35(25-24(36)15-39-26(18)25)28(38)22(12-17(2)3)31-27(37)19-6-7-20(21(30)13-19)23-16-40-29(32-23)34-10-8-33(4)9-11-34/h1,6-7,13,16-18,22,25-26H,8-12,14-15H2,2-4H3,(H,31,37)/t18-,22+,25?,26-/m1/s1. The van der Waals surface area contributed by atoms with Crippen LogP contribution in [-0.4, -0.2) is 96.9 Å². The summed E-state index contributed by atoms with van der Waals surface area (Å²) in [6.07, 6.45) is 5.45. The van der Waals surface area contributed by atoms with Gasteiger partial charge in [-0.05, 0) is 37.6 Å².